The number of anilines is 2. The Hall–Kier alpha value is -2.56. The van der Waals surface area contributed by atoms with Crippen molar-refractivity contribution in [2.75, 3.05) is 17.7 Å². The maximum absolute atomic E-state index is 13.5. The van der Waals surface area contributed by atoms with Gasteiger partial charge in [0, 0.05) is 5.69 Å². The molecule has 0 bridgehead atoms. The molecule has 0 saturated carbocycles. The van der Waals surface area contributed by atoms with Crippen molar-refractivity contribution in [1.29, 1.82) is 0 Å². The molecule has 2 aromatic carbocycles. The second-order valence-electron chi connectivity index (χ2n) is 4.82. The van der Waals surface area contributed by atoms with Gasteiger partial charge in [0.1, 0.15) is 11.6 Å². The van der Waals surface area contributed by atoms with E-state index in [9.17, 15) is 9.18 Å². The van der Waals surface area contributed by atoms with E-state index in [1.165, 1.54) is 18.2 Å². The van der Waals surface area contributed by atoms with Gasteiger partial charge in [-0.05, 0) is 55.3 Å². The van der Waals surface area contributed by atoms with E-state index in [-0.39, 0.29) is 12.3 Å². The minimum Gasteiger partial charge on any atom is -0.484 e. The first kappa shape index (κ1) is 14.8. The molecule has 0 radical (unpaired) electrons. The van der Waals surface area contributed by atoms with Gasteiger partial charge in [0.05, 0.1) is 5.69 Å². The van der Waals surface area contributed by atoms with Crippen molar-refractivity contribution in [2.45, 2.75) is 13.8 Å². The minimum absolute atomic E-state index is 0.0451. The molecule has 3 N–H and O–H groups in total. The molecule has 0 heterocycles. The first-order chi connectivity index (χ1) is 9.95. The molecular formula is C16H17FN2O2. The lowest BCUT2D eigenvalue weighted by Gasteiger charge is -2.10. The van der Waals surface area contributed by atoms with Crippen LogP contribution in [-0.2, 0) is 4.79 Å². The predicted octanol–water partition coefficient (Wildman–Crippen LogP) is 3.04. The molecule has 21 heavy (non-hydrogen) atoms. The molecule has 0 aromatic heterocycles. The number of carbonyl (C=O) groups excluding carboxylic acids is 1. The Morgan fingerprint density at radius 3 is 2.67 bits per heavy atom. The molecule has 4 nitrogen and oxygen atoms in total. The Labute approximate surface area is 122 Å². The molecule has 2 rings (SSSR count). The second-order valence-corrected chi connectivity index (χ2v) is 4.82. The molecule has 0 saturated heterocycles. The first-order valence-electron chi connectivity index (χ1n) is 6.50. The van der Waals surface area contributed by atoms with Crippen molar-refractivity contribution in [3.63, 3.8) is 0 Å². The van der Waals surface area contributed by atoms with E-state index >= 15 is 0 Å². The van der Waals surface area contributed by atoms with Crippen LogP contribution in [0.4, 0.5) is 15.8 Å². The average Bonchev–Trinajstić information content (AvgIpc) is 2.44. The summed E-state index contributed by atoms with van der Waals surface area (Å²) in [6, 6.07) is 9.55. The Morgan fingerprint density at radius 2 is 1.95 bits per heavy atom. The first-order valence-corrected chi connectivity index (χ1v) is 6.50. The lowest BCUT2D eigenvalue weighted by molar-refractivity contribution is -0.118. The summed E-state index contributed by atoms with van der Waals surface area (Å²) >= 11 is 0. The zero-order valence-corrected chi connectivity index (χ0v) is 11.9. The summed E-state index contributed by atoms with van der Waals surface area (Å²) in [4.78, 5) is 11.8. The number of aryl methyl sites for hydroxylation is 2. The molecule has 0 unspecified atom stereocenters. The van der Waals surface area contributed by atoms with Gasteiger partial charge in [0.15, 0.2) is 6.61 Å². The highest BCUT2D eigenvalue weighted by Gasteiger charge is 2.08. The topological polar surface area (TPSA) is 64.3 Å². The second kappa shape index (κ2) is 6.26. The van der Waals surface area contributed by atoms with Crippen LogP contribution in [0.3, 0.4) is 0 Å². The van der Waals surface area contributed by atoms with Crippen LogP contribution in [0.5, 0.6) is 5.75 Å². The van der Waals surface area contributed by atoms with Crippen molar-refractivity contribution < 1.29 is 13.9 Å². The van der Waals surface area contributed by atoms with Gasteiger partial charge in [-0.2, -0.15) is 0 Å². The van der Waals surface area contributed by atoms with Crippen LogP contribution in [0.25, 0.3) is 0 Å². The Kier molecular flexibility index (Phi) is 4.42. The third-order valence-corrected chi connectivity index (χ3v) is 3.11. The number of carbonyl (C=O) groups is 1. The van der Waals surface area contributed by atoms with E-state index in [2.05, 4.69) is 5.32 Å². The standard InChI is InChI=1S/C16H17FN2O2/c1-10-3-5-13(7-11(10)2)21-9-16(20)19-15-8-12(18)4-6-14(15)17/h3-8H,9,18H2,1-2H3,(H,19,20). The lowest BCUT2D eigenvalue weighted by atomic mass is 10.1. The number of ether oxygens (including phenoxy) is 1. The van der Waals surface area contributed by atoms with Crippen molar-refractivity contribution >= 4 is 17.3 Å². The minimum atomic E-state index is -0.538. The maximum Gasteiger partial charge on any atom is 0.262 e. The average molecular weight is 288 g/mol. The van der Waals surface area contributed by atoms with Crippen molar-refractivity contribution in [3.8, 4) is 5.75 Å². The number of nitrogens with two attached hydrogens (primary N) is 1. The number of hydrogen-bond acceptors (Lipinski definition) is 3. The fraction of sp³-hybridized carbons (Fsp3) is 0.188. The molecule has 0 aliphatic carbocycles. The van der Waals surface area contributed by atoms with E-state index in [1.807, 2.05) is 26.0 Å². The lowest BCUT2D eigenvalue weighted by Crippen LogP contribution is -2.21. The number of nitrogens with one attached hydrogen (secondary N) is 1. The smallest absolute Gasteiger partial charge is 0.262 e. The summed E-state index contributed by atoms with van der Waals surface area (Å²) in [5.41, 5.74) is 8.20. The van der Waals surface area contributed by atoms with Gasteiger partial charge in [-0.3, -0.25) is 4.79 Å². The molecular weight excluding hydrogens is 271 g/mol. The normalized spacial score (nSPS) is 10.2. The third kappa shape index (κ3) is 3.95. The van der Waals surface area contributed by atoms with Crippen LogP contribution in [0, 0.1) is 19.7 Å². The number of benzene rings is 2. The van der Waals surface area contributed by atoms with Gasteiger partial charge < -0.3 is 15.8 Å². The summed E-state index contributed by atoms with van der Waals surface area (Å²) in [6.45, 7) is 3.76. The quantitative estimate of drug-likeness (QED) is 0.850. The number of hydrogen-bond donors (Lipinski definition) is 2. The Balaban J connectivity index is 1.95. The molecule has 0 fully saturated rings. The van der Waals surface area contributed by atoms with Crippen molar-refractivity contribution in [2.24, 2.45) is 0 Å². The Bertz CT molecular complexity index is 671. The third-order valence-electron chi connectivity index (χ3n) is 3.11. The van der Waals surface area contributed by atoms with Crippen LogP contribution >= 0.6 is 0 Å². The molecule has 110 valence electrons. The monoisotopic (exact) mass is 288 g/mol. The molecule has 0 aliphatic rings. The summed E-state index contributed by atoms with van der Waals surface area (Å²) in [7, 11) is 0. The molecule has 1 amide bonds. The molecule has 5 heteroatoms. The SMILES string of the molecule is Cc1ccc(OCC(=O)Nc2cc(N)ccc2F)cc1C. The Morgan fingerprint density at radius 1 is 1.19 bits per heavy atom. The van der Waals surface area contributed by atoms with Crippen LogP contribution in [-0.4, -0.2) is 12.5 Å². The van der Waals surface area contributed by atoms with Crippen LogP contribution in [0.2, 0.25) is 0 Å². The van der Waals surface area contributed by atoms with Gasteiger partial charge in [-0.1, -0.05) is 6.07 Å². The fourth-order valence-corrected chi connectivity index (χ4v) is 1.78. The van der Waals surface area contributed by atoms with Crippen molar-refractivity contribution in [1.82, 2.24) is 0 Å². The van der Waals surface area contributed by atoms with E-state index in [1.54, 1.807) is 6.07 Å². The van der Waals surface area contributed by atoms with Crippen LogP contribution < -0.4 is 15.8 Å². The van der Waals surface area contributed by atoms with E-state index in [0.717, 1.165) is 11.1 Å². The molecule has 0 aliphatic heterocycles. The molecule has 0 atom stereocenters. The van der Waals surface area contributed by atoms with Crippen LogP contribution in [0.15, 0.2) is 36.4 Å². The van der Waals surface area contributed by atoms with Gasteiger partial charge >= 0.3 is 0 Å². The van der Waals surface area contributed by atoms with Gasteiger partial charge in [0.25, 0.3) is 5.91 Å². The fourth-order valence-electron chi connectivity index (χ4n) is 1.78. The van der Waals surface area contributed by atoms with Crippen LogP contribution in [0.1, 0.15) is 11.1 Å². The number of halogens is 1. The predicted molar refractivity (Wildman–Crippen MR) is 80.9 cm³/mol. The highest BCUT2D eigenvalue weighted by atomic mass is 19.1. The number of nitrogen functional groups attached to an aromatic ring is 1. The van der Waals surface area contributed by atoms with E-state index in [0.29, 0.717) is 11.4 Å². The summed E-state index contributed by atoms with van der Waals surface area (Å²) in [6.07, 6.45) is 0. The highest BCUT2D eigenvalue weighted by molar-refractivity contribution is 5.92. The molecule has 0 spiro atoms. The zero-order chi connectivity index (χ0) is 15.4. The van der Waals surface area contributed by atoms with E-state index < -0.39 is 11.7 Å². The van der Waals surface area contributed by atoms with Crippen molar-refractivity contribution in [3.05, 3.63) is 53.3 Å². The summed E-state index contributed by atoms with van der Waals surface area (Å²) in [5, 5.41) is 2.43. The summed E-state index contributed by atoms with van der Waals surface area (Å²) < 4.78 is 18.9. The maximum atomic E-state index is 13.5. The van der Waals surface area contributed by atoms with E-state index in [4.69, 9.17) is 10.5 Å². The number of rotatable bonds is 4. The summed E-state index contributed by atoms with van der Waals surface area (Å²) in [5.74, 6) is -0.386. The largest absolute Gasteiger partial charge is 0.484 e. The highest BCUT2D eigenvalue weighted by Crippen LogP contribution is 2.18. The number of amides is 1. The zero-order valence-electron chi connectivity index (χ0n) is 11.9. The van der Waals surface area contributed by atoms with Gasteiger partial charge in [-0.25, -0.2) is 4.39 Å². The molecule has 2 aromatic rings. The van der Waals surface area contributed by atoms with Gasteiger partial charge in [-0.15, -0.1) is 0 Å². The van der Waals surface area contributed by atoms with Gasteiger partial charge in [0.2, 0.25) is 0 Å².